The molecule has 1 heterocycles. The summed E-state index contributed by atoms with van der Waals surface area (Å²) in [4.78, 5) is 21.6. The molecule has 144 valence electrons. The van der Waals surface area contributed by atoms with Crippen molar-refractivity contribution in [2.24, 2.45) is 5.73 Å². The molecule has 0 aliphatic carbocycles. The smallest absolute Gasteiger partial charge is 0.206 e. The monoisotopic (exact) mass is 374 g/mol. The number of aromatic nitrogens is 2. The Bertz CT molecular complexity index is 965. The standard InChI is InChI=1S/C23H26N4O/c1-15(2)16(3)11-12-17(4)23(28)22(18(5)24)27-21-14-25-13-20(26-21)19-9-7-6-8-10-19/h6-14H,1,24H2,2-5H3,(H,26,27)/b16-11-,17-12+,22-18+. The van der Waals surface area contributed by atoms with Crippen LogP contribution in [-0.4, -0.2) is 15.8 Å². The quantitative estimate of drug-likeness (QED) is 0.538. The third kappa shape index (κ3) is 5.51. The lowest BCUT2D eigenvalue weighted by Gasteiger charge is -2.12. The highest BCUT2D eigenvalue weighted by atomic mass is 16.1. The summed E-state index contributed by atoms with van der Waals surface area (Å²) >= 11 is 0. The number of Topliss-reactive ketones (excluding diaryl/α,β-unsaturated/α-hetero) is 1. The summed E-state index contributed by atoms with van der Waals surface area (Å²) in [6.07, 6.45) is 6.88. The van der Waals surface area contributed by atoms with E-state index in [2.05, 4.69) is 21.9 Å². The third-order valence-corrected chi connectivity index (χ3v) is 4.19. The van der Waals surface area contributed by atoms with Crippen LogP contribution >= 0.6 is 0 Å². The van der Waals surface area contributed by atoms with Gasteiger partial charge in [-0.05, 0) is 38.8 Å². The molecular weight excluding hydrogens is 348 g/mol. The molecule has 1 aromatic heterocycles. The first-order chi connectivity index (χ1) is 13.3. The first-order valence-electron chi connectivity index (χ1n) is 8.96. The molecule has 28 heavy (non-hydrogen) atoms. The summed E-state index contributed by atoms with van der Waals surface area (Å²) in [5.74, 6) is 0.258. The van der Waals surface area contributed by atoms with Gasteiger partial charge in [0.25, 0.3) is 0 Å². The Hall–Kier alpha value is -3.47. The highest BCUT2D eigenvalue weighted by Crippen LogP contribution is 2.19. The maximum Gasteiger partial charge on any atom is 0.206 e. The second-order valence-electron chi connectivity index (χ2n) is 6.65. The van der Waals surface area contributed by atoms with Crippen LogP contribution in [0.5, 0.6) is 0 Å². The molecule has 2 rings (SSSR count). The molecule has 0 unspecified atom stereocenters. The summed E-state index contributed by atoms with van der Waals surface area (Å²) < 4.78 is 0. The van der Waals surface area contributed by atoms with Crippen LogP contribution in [0.15, 0.2) is 89.6 Å². The van der Waals surface area contributed by atoms with Gasteiger partial charge in [-0.15, -0.1) is 0 Å². The Morgan fingerprint density at radius 1 is 1.04 bits per heavy atom. The zero-order valence-corrected chi connectivity index (χ0v) is 16.8. The van der Waals surface area contributed by atoms with E-state index >= 15 is 0 Å². The zero-order chi connectivity index (χ0) is 20.7. The van der Waals surface area contributed by atoms with Crippen molar-refractivity contribution in [2.45, 2.75) is 27.7 Å². The summed E-state index contributed by atoms with van der Waals surface area (Å²) in [6, 6.07) is 9.71. The topological polar surface area (TPSA) is 80.9 Å². The number of ketones is 1. The van der Waals surface area contributed by atoms with Crippen LogP contribution in [0.25, 0.3) is 11.3 Å². The van der Waals surface area contributed by atoms with E-state index in [1.54, 1.807) is 32.3 Å². The molecule has 0 radical (unpaired) electrons. The first-order valence-corrected chi connectivity index (χ1v) is 8.96. The van der Waals surface area contributed by atoms with E-state index in [9.17, 15) is 4.79 Å². The normalized spacial score (nSPS) is 13.0. The van der Waals surface area contributed by atoms with Gasteiger partial charge in [-0.25, -0.2) is 4.98 Å². The number of hydrogen-bond donors (Lipinski definition) is 2. The van der Waals surface area contributed by atoms with Crippen LogP contribution < -0.4 is 11.1 Å². The van der Waals surface area contributed by atoms with Crippen LogP contribution in [-0.2, 0) is 4.79 Å². The minimum atomic E-state index is -0.197. The van der Waals surface area contributed by atoms with Gasteiger partial charge in [0.05, 0.1) is 18.1 Å². The van der Waals surface area contributed by atoms with Crippen LogP contribution in [0.1, 0.15) is 27.7 Å². The molecule has 0 spiro atoms. The lowest BCUT2D eigenvalue weighted by Crippen LogP contribution is -2.18. The highest BCUT2D eigenvalue weighted by molar-refractivity contribution is 6.10. The average Bonchev–Trinajstić information content (AvgIpc) is 2.70. The number of allylic oxidation sites excluding steroid dienone is 6. The van der Waals surface area contributed by atoms with Crippen molar-refractivity contribution in [1.82, 2.24) is 9.97 Å². The van der Waals surface area contributed by atoms with Crippen molar-refractivity contribution in [1.29, 1.82) is 0 Å². The van der Waals surface area contributed by atoms with Crippen molar-refractivity contribution in [3.63, 3.8) is 0 Å². The number of nitrogens with two attached hydrogens (primary N) is 1. The second-order valence-corrected chi connectivity index (χ2v) is 6.65. The molecule has 2 aromatic rings. The fourth-order valence-electron chi connectivity index (χ4n) is 2.30. The van der Waals surface area contributed by atoms with Crippen molar-refractivity contribution in [3.05, 3.63) is 89.6 Å². The fraction of sp³-hybridized carbons (Fsp3) is 0.174. The molecule has 0 amide bonds. The average molecular weight is 374 g/mol. The number of carbonyl (C=O) groups excluding carboxylic acids is 1. The minimum Gasteiger partial charge on any atom is -0.400 e. The molecule has 0 saturated carbocycles. The predicted molar refractivity (Wildman–Crippen MR) is 115 cm³/mol. The van der Waals surface area contributed by atoms with Gasteiger partial charge in [-0.1, -0.05) is 54.6 Å². The maximum atomic E-state index is 12.9. The van der Waals surface area contributed by atoms with Crippen molar-refractivity contribution in [2.75, 3.05) is 5.32 Å². The lowest BCUT2D eigenvalue weighted by molar-refractivity contribution is -0.112. The van der Waals surface area contributed by atoms with Gasteiger partial charge in [-0.3, -0.25) is 9.78 Å². The van der Waals surface area contributed by atoms with E-state index in [1.807, 2.05) is 50.3 Å². The van der Waals surface area contributed by atoms with E-state index in [0.717, 1.165) is 16.7 Å². The van der Waals surface area contributed by atoms with Crippen LogP contribution in [0, 0.1) is 0 Å². The predicted octanol–water partition coefficient (Wildman–Crippen LogP) is 4.78. The fourth-order valence-corrected chi connectivity index (χ4v) is 2.30. The van der Waals surface area contributed by atoms with Crippen molar-refractivity contribution < 1.29 is 4.79 Å². The van der Waals surface area contributed by atoms with E-state index < -0.39 is 0 Å². The Kier molecular flexibility index (Phi) is 7.04. The lowest BCUT2D eigenvalue weighted by atomic mass is 10.1. The molecule has 5 heteroatoms. The maximum absolute atomic E-state index is 12.9. The summed E-state index contributed by atoms with van der Waals surface area (Å²) in [6.45, 7) is 11.2. The van der Waals surface area contributed by atoms with E-state index in [1.165, 1.54) is 0 Å². The zero-order valence-electron chi connectivity index (χ0n) is 16.8. The van der Waals surface area contributed by atoms with Gasteiger partial charge >= 0.3 is 0 Å². The molecule has 1 aromatic carbocycles. The number of benzene rings is 1. The number of hydrogen-bond acceptors (Lipinski definition) is 5. The van der Waals surface area contributed by atoms with Gasteiger partial charge in [0.2, 0.25) is 5.78 Å². The molecule has 0 bridgehead atoms. The Labute approximate surface area is 166 Å². The van der Waals surface area contributed by atoms with E-state index in [4.69, 9.17) is 5.73 Å². The molecule has 0 aliphatic heterocycles. The van der Waals surface area contributed by atoms with Gasteiger partial charge < -0.3 is 11.1 Å². The van der Waals surface area contributed by atoms with Gasteiger partial charge in [0.15, 0.2) is 0 Å². The minimum absolute atomic E-state index is 0.197. The summed E-state index contributed by atoms with van der Waals surface area (Å²) in [5, 5.41) is 3.03. The molecule has 3 N–H and O–H groups in total. The first kappa shape index (κ1) is 20.8. The molecule has 0 atom stereocenters. The summed E-state index contributed by atoms with van der Waals surface area (Å²) in [7, 11) is 0. The molecule has 0 aliphatic rings. The van der Waals surface area contributed by atoms with Crippen LogP contribution in [0.2, 0.25) is 0 Å². The third-order valence-electron chi connectivity index (χ3n) is 4.19. The Morgan fingerprint density at radius 2 is 1.68 bits per heavy atom. The Balaban J connectivity index is 2.28. The number of nitrogens with zero attached hydrogens (tertiary/aromatic N) is 2. The molecule has 0 saturated heterocycles. The largest absolute Gasteiger partial charge is 0.400 e. The molecule has 0 fully saturated rings. The van der Waals surface area contributed by atoms with E-state index in [-0.39, 0.29) is 11.5 Å². The number of anilines is 1. The highest BCUT2D eigenvalue weighted by Gasteiger charge is 2.15. The second kappa shape index (κ2) is 9.46. The number of rotatable bonds is 7. The SMILES string of the molecule is C=C(C)/C(C)=C\C=C(/C)C(=O)/C(Nc1cncc(-c2ccccc2)n1)=C(/C)N. The Morgan fingerprint density at radius 3 is 2.29 bits per heavy atom. The van der Waals surface area contributed by atoms with Crippen LogP contribution in [0.4, 0.5) is 5.82 Å². The van der Waals surface area contributed by atoms with E-state index in [0.29, 0.717) is 22.8 Å². The summed E-state index contributed by atoms with van der Waals surface area (Å²) in [5.41, 5.74) is 10.8. The molecule has 5 nitrogen and oxygen atoms in total. The van der Waals surface area contributed by atoms with Crippen molar-refractivity contribution >= 4 is 11.6 Å². The van der Waals surface area contributed by atoms with Gasteiger partial charge in [0.1, 0.15) is 11.5 Å². The van der Waals surface area contributed by atoms with Gasteiger partial charge in [0, 0.05) is 11.3 Å². The number of carbonyl (C=O) groups is 1. The van der Waals surface area contributed by atoms with Crippen LogP contribution in [0.3, 0.4) is 0 Å². The number of nitrogens with one attached hydrogen (secondary N) is 1. The molecular formula is C23H26N4O. The van der Waals surface area contributed by atoms with Gasteiger partial charge in [-0.2, -0.15) is 0 Å². The van der Waals surface area contributed by atoms with Crippen molar-refractivity contribution in [3.8, 4) is 11.3 Å².